The van der Waals surface area contributed by atoms with Gasteiger partial charge in [-0.3, -0.25) is 4.90 Å². The van der Waals surface area contributed by atoms with Gasteiger partial charge in [0, 0.05) is 12.1 Å². The van der Waals surface area contributed by atoms with Crippen LogP contribution in [0.3, 0.4) is 0 Å². The van der Waals surface area contributed by atoms with Gasteiger partial charge < -0.3 is 4.74 Å². The molecule has 25 heavy (non-hydrogen) atoms. The summed E-state index contributed by atoms with van der Waals surface area (Å²) in [5.74, 6) is 0.511. The van der Waals surface area contributed by atoms with Crippen LogP contribution in [-0.4, -0.2) is 23.6 Å². The minimum absolute atomic E-state index is 0.0779. The van der Waals surface area contributed by atoms with E-state index in [4.69, 9.17) is 4.74 Å². The molecule has 1 aliphatic heterocycles. The molecule has 1 aliphatic rings. The van der Waals surface area contributed by atoms with Crippen LogP contribution in [0.4, 0.5) is 4.79 Å². The SMILES string of the molecule is CC(C)[C@@H]1COC(=O)N1/C=C(/c1ccccc1)[C@@H](C)c1ccccc1. The highest BCUT2D eigenvalue weighted by Gasteiger charge is 2.34. The first-order valence-electron chi connectivity index (χ1n) is 8.85. The lowest BCUT2D eigenvalue weighted by Gasteiger charge is -2.25. The zero-order chi connectivity index (χ0) is 17.8. The maximum Gasteiger partial charge on any atom is 0.414 e. The maximum absolute atomic E-state index is 12.3. The van der Waals surface area contributed by atoms with E-state index in [1.54, 1.807) is 4.90 Å². The van der Waals surface area contributed by atoms with Crippen molar-refractivity contribution in [3.05, 3.63) is 78.0 Å². The predicted octanol–water partition coefficient (Wildman–Crippen LogP) is 5.31. The number of ether oxygens (including phenoxy) is 1. The summed E-state index contributed by atoms with van der Waals surface area (Å²) in [4.78, 5) is 14.0. The molecular formula is C22H25NO2. The molecule has 1 heterocycles. The third-order valence-corrected chi connectivity index (χ3v) is 4.87. The molecule has 0 aromatic heterocycles. The van der Waals surface area contributed by atoms with Crippen molar-refractivity contribution in [2.24, 2.45) is 5.92 Å². The largest absolute Gasteiger partial charge is 0.447 e. The highest BCUT2D eigenvalue weighted by atomic mass is 16.6. The fourth-order valence-electron chi connectivity index (χ4n) is 3.25. The number of hydrogen-bond donors (Lipinski definition) is 0. The molecule has 0 radical (unpaired) electrons. The summed E-state index contributed by atoms with van der Waals surface area (Å²) in [7, 11) is 0. The molecule has 130 valence electrons. The van der Waals surface area contributed by atoms with Crippen molar-refractivity contribution >= 4 is 11.7 Å². The number of nitrogens with zero attached hydrogens (tertiary/aromatic N) is 1. The Morgan fingerprint density at radius 2 is 1.64 bits per heavy atom. The molecular weight excluding hydrogens is 310 g/mol. The fourth-order valence-corrected chi connectivity index (χ4v) is 3.25. The molecule has 0 spiro atoms. The molecule has 2 atom stereocenters. The van der Waals surface area contributed by atoms with Gasteiger partial charge in [-0.1, -0.05) is 81.4 Å². The van der Waals surface area contributed by atoms with Gasteiger partial charge >= 0.3 is 6.09 Å². The topological polar surface area (TPSA) is 29.5 Å². The second-order valence-electron chi connectivity index (χ2n) is 6.88. The molecule has 0 bridgehead atoms. The van der Waals surface area contributed by atoms with E-state index >= 15 is 0 Å². The smallest absolute Gasteiger partial charge is 0.414 e. The summed E-state index contributed by atoms with van der Waals surface area (Å²) in [6, 6.07) is 20.7. The number of carbonyl (C=O) groups excluding carboxylic acids is 1. The van der Waals surface area contributed by atoms with Crippen LogP contribution < -0.4 is 0 Å². The van der Waals surface area contributed by atoms with Gasteiger partial charge in [0.1, 0.15) is 6.61 Å². The van der Waals surface area contributed by atoms with E-state index in [0.717, 1.165) is 11.1 Å². The van der Waals surface area contributed by atoms with Gasteiger partial charge in [0.2, 0.25) is 0 Å². The van der Waals surface area contributed by atoms with Crippen molar-refractivity contribution in [2.75, 3.05) is 6.61 Å². The lowest BCUT2D eigenvalue weighted by molar-refractivity contribution is 0.166. The molecule has 0 saturated carbocycles. The molecule has 1 saturated heterocycles. The second kappa shape index (κ2) is 7.56. The zero-order valence-corrected chi connectivity index (χ0v) is 15.1. The normalized spacial score (nSPS) is 19.2. The Labute approximate surface area is 149 Å². The van der Waals surface area contributed by atoms with Gasteiger partial charge in [-0.05, 0) is 22.6 Å². The van der Waals surface area contributed by atoms with Crippen LogP contribution in [0.1, 0.15) is 37.8 Å². The maximum atomic E-state index is 12.3. The quantitative estimate of drug-likeness (QED) is 0.741. The standard InChI is InChI=1S/C22H25NO2/c1-16(2)21-15-25-22(24)23(21)14-20(19-12-8-5-9-13-19)17(3)18-10-6-4-7-11-18/h4-14,16-17,21H,15H2,1-3H3/b20-14+/t17-,21-/m0/s1. The van der Waals surface area contributed by atoms with Gasteiger partial charge in [0.25, 0.3) is 0 Å². The first-order valence-corrected chi connectivity index (χ1v) is 8.85. The van der Waals surface area contributed by atoms with E-state index in [-0.39, 0.29) is 18.1 Å². The average Bonchev–Trinajstić information content (AvgIpc) is 3.01. The minimum atomic E-state index is -0.257. The molecule has 0 N–H and O–H groups in total. The Balaban J connectivity index is 2.03. The molecule has 1 amide bonds. The fraction of sp³-hybridized carbons (Fsp3) is 0.318. The molecule has 2 aromatic rings. The molecule has 3 rings (SSSR count). The number of benzene rings is 2. The number of allylic oxidation sites excluding steroid dienone is 1. The third kappa shape index (κ3) is 3.76. The first-order chi connectivity index (χ1) is 12.1. The molecule has 0 aliphatic carbocycles. The molecule has 1 fully saturated rings. The second-order valence-corrected chi connectivity index (χ2v) is 6.88. The highest BCUT2D eigenvalue weighted by molar-refractivity contribution is 5.77. The van der Waals surface area contributed by atoms with Crippen LogP contribution in [0, 0.1) is 5.92 Å². The van der Waals surface area contributed by atoms with E-state index in [1.165, 1.54) is 5.56 Å². The van der Waals surface area contributed by atoms with E-state index in [1.807, 2.05) is 30.5 Å². The zero-order valence-electron chi connectivity index (χ0n) is 15.1. The van der Waals surface area contributed by atoms with Crippen molar-refractivity contribution in [1.29, 1.82) is 0 Å². The van der Waals surface area contributed by atoms with Gasteiger partial charge in [-0.2, -0.15) is 0 Å². The van der Waals surface area contributed by atoms with Gasteiger partial charge in [0.15, 0.2) is 0 Å². The van der Waals surface area contributed by atoms with Crippen molar-refractivity contribution in [2.45, 2.75) is 32.7 Å². The van der Waals surface area contributed by atoms with E-state index in [0.29, 0.717) is 12.5 Å². The van der Waals surface area contributed by atoms with Gasteiger partial charge in [-0.25, -0.2) is 4.79 Å². The van der Waals surface area contributed by atoms with Crippen molar-refractivity contribution in [3.8, 4) is 0 Å². The van der Waals surface area contributed by atoms with Gasteiger partial charge in [0.05, 0.1) is 6.04 Å². The summed E-state index contributed by atoms with van der Waals surface area (Å²) >= 11 is 0. The summed E-state index contributed by atoms with van der Waals surface area (Å²) < 4.78 is 5.30. The van der Waals surface area contributed by atoms with Crippen LogP contribution in [-0.2, 0) is 4.74 Å². The molecule has 3 heteroatoms. The lowest BCUT2D eigenvalue weighted by atomic mass is 9.88. The summed E-state index contributed by atoms with van der Waals surface area (Å²) in [6.45, 7) is 6.88. The minimum Gasteiger partial charge on any atom is -0.447 e. The van der Waals surface area contributed by atoms with E-state index in [2.05, 4.69) is 57.2 Å². The van der Waals surface area contributed by atoms with Crippen molar-refractivity contribution in [3.63, 3.8) is 0 Å². The monoisotopic (exact) mass is 335 g/mol. The lowest BCUT2D eigenvalue weighted by Crippen LogP contribution is -2.33. The number of hydrogen-bond acceptors (Lipinski definition) is 2. The Kier molecular flexibility index (Phi) is 5.22. The summed E-state index contributed by atoms with van der Waals surface area (Å²) in [6.07, 6.45) is 1.74. The van der Waals surface area contributed by atoms with Gasteiger partial charge in [-0.15, -0.1) is 0 Å². The summed E-state index contributed by atoms with van der Waals surface area (Å²) in [5.41, 5.74) is 3.48. The average molecular weight is 335 g/mol. The Morgan fingerprint density at radius 1 is 1.04 bits per heavy atom. The molecule has 2 aromatic carbocycles. The van der Waals surface area contributed by atoms with E-state index in [9.17, 15) is 4.79 Å². The Morgan fingerprint density at radius 3 is 2.24 bits per heavy atom. The van der Waals surface area contributed by atoms with Crippen LogP contribution in [0.5, 0.6) is 0 Å². The molecule has 3 nitrogen and oxygen atoms in total. The third-order valence-electron chi connectivity index (χ3n) is 4.87. The number of amides is 1. The van der Waals surface area contributed by atoms with Crippen LogP contribution in [0.2, 0.25) is 0 Å². The number of cyclic esters (lactones) is 1. The predicted molar refractivity (Wildman–Crippen MR) is 101 cm³/mol. The van der Waals surface area contributed by atoms with Crippen molar-refractivity contribution < 1.29 is 9.53 Å². The van der Waals surface area contributed by atoms with Crippen molar-refractivity contribution in [1.82, 2.24) is 4.90 Å². The first kappa shape index (κ1) is 17.3. The van der Waals surface area contributed by atoms with Crippen LogP contribution in [0.15, 0.2) is 66.9 Å². The number of carbonyl (C=O) groups is 1. The molecule has 0 unspecified atom stereocenters. The van der Waals surface area contributed by atoms with Crippen LogP contribution in [0.25, 0.3) is 5.57 Å². The van der Waals surface area contributed by atoms with Crippen LogP contribution >= 0.6 is 0 Å². The highest BCUT2D eigenvalue weighted by Crippen LogP contribution is 2.33. The Hall–Kier alpha value is -2.55. The summed E-state index contributed by atoms with van der Waals surface area (Å²) in [5, 5.41) is 0. The van der Waals surface area contributed by atoms with E-state index < -0.39 is 0 Å². The Bertz CT molecular complexity index is 737. The number of rotatable bonds is 5.